The molecule has 0 aliphatic rings. The topological polar surface area (TPSA) is 111 Å². The molecule has 0 aromatic heterocycles. The van der Waals surface area contributed by atoms with Crippen molar-refractivity contribution in [2.24, 2.45) is 0 Å². The summed E-state index contributed by atoms with van der Waals surface area (Å²) in [5, 5.41) is 11.8. The number of carboxylic acid groups (broad SMARTS) is 1. The monoisotopic (exact) mass is 1160 g/mol. The summed E-state index contributed by atoms with van der Waals surface area (Å²) < 4.78 is 22.8. The molecule has 0 rings (SSSR count). The maximum absolute atomic E-state index is 12.9. The van der Waals surface area contributed by atoms with Crippen molar-refractivity contribution in [2.75, 3.05) is 47.5 Å². The first-order valence-corrected chi connectivity index (χ1v) is 35.1. The van der Waals surface area contributed by atoms with E-state index in [1.807, 2.05) is 21.1 Å². The van der Waals surface area contributed by atoms with E-state index in [1.165, 1.54) is 205 Å². The number of carbonyl (C=O) groups is 3. The van der Waals surface area contributed by atoms with Gasteiger partial charge in [-0.2, -0.15) is 0 Å². The zero-order chi connectivity index (χ0) is 60.5. The molecule has 2 atom stereocenters. The molecule has 0 radical (unpaired) electrons. The molecule has 0 aliphatic carbocycles. The van der Waals surface area contributed by atoms with Gasteiger partial charge in [-0.1, -0.05) is 318 Å². The van der Waals surface area contributed by atoms with Crippen molar-refractivity contribution in [1.82, 2.24) is 0 Å². The van der Waals surface area contributed by atoms with E-state index in [9.17, 15) is 19.5 Å². The molecule has 0 spiro atoms. The predicted octanol–water partition coefficient (Wildman–Crippen LogP) is 20.4. The molecule has 0 N–H and O–H groups in total. The number of hydrogen-bond acceptors (Lipinski definition) is 8. The van der Waals surface area contributed by atoms with Crippen LogP contribution in [0.1, 0.15) is 322 Å². The summed E-state index contributed by atoms with van der Waals surface area (Å²) >= 11 is 0. The smallest absolute Gasteiger partial charge is 0.306 e. The molecule has 0 amide bonds. The fourth-order valence-corrected chi connectivity index (χ4v) is 10.1. The number of quaternary nitrogens is 1. The number of carboxylic acids is 1. The number of unbranched alkanes of at least 4 members (excludes halogenated alkanes) is 38. The third-order valence-corrected chi connectivity index (χ3v) is 15.5. The molecule has 83 heavy (non-hydrogen) atoms. The molecule has 0 saturated heterocycles. The molecule has 0 heterocycles. The van der Waals surface area contributed by atoms with Crippen molar-refractivity contribution < 1.29 is 42.9 Å². The molecule has 9 heteroatoms. The third-order valence-electron chi connectivity index (χ3n) is 15.5. The summed E-state index contributed by atoms with van der Waals surface area (Å²) in [5.74, 6) is -2.28. The van der Waals surface area contributed by atoms with E-state index < -0.39 is 24.3 Å². The van der Waals surface area contributed by atoms with Crippen LogP contribution in [0.2, 0.25) is 0 Å². The Morgan fingerprint density at radius 2 is 0.687 bits per heavy atom. The first-order valence-electron chi connectivity index (χ1n) is 35.1. The molecule has 0 aromatic rings. The number of likely N-dealkylation sites (N-methyl/N-ethyl adjacent to an activating group) is 1. The molecule has 0 bridgehead atoms. The van der Waals surface area contributed by atoms with E-state index in [0.29, 0.717) is 23.9 Å². The molecular formula is C74H133NO8. The van der Waals surface area contributed by atoms with E-state index in [0.717, 1.165) is 83.5 Å². The Kier molecular flexibility index (Phi) is 62.2. The SMILES string of the molecule is CC/C=C\C/C=C\C/C=C\C/C=C\C/C=C\C/C=C\CCCCCCCCCCC(=O)OC(COC(=O)CCCCCCCCCCCCCCCCCCCCCCCCCCCCCCCCC)COC(OCC[N+](C)(C)C)C(=O)[O-]. The minimum absolute atomic E-state index is 0.144. The Morgan fingerprint density at radius 3 is 1.02 bits per heavy atom. The summed E-state index contributed by atoms with van der Waals surface area (Å²) in [6, 6.07) is 0. The van der Waals surface area contributed by atoms with E-state index in [4.69, 9.17) is 18.9 Å². The predicted molar refractivity (Wildman–Crippen MR) is 352 cm³/mol. The molecule has 0 saturated carbocycles. The van der Waals surface area contributed by atoms with Crippen LogP contribution in [0.3, 0.4) is 0 Å². The lowest BCUT2D eigenvalue weighted by atomic mass is 10.0. The minimum Gasteiger partial charge on any atom is -0.545 e. The number of carbonyl (C=O) groups excluding carboxylic acids is 3. The highest BCUT2D eigenvalue weighted by Gasteiger charge is 2.22. The van der Waals surface area contributed by atoms with Crippen LogP contribution in [-0.4, -0.2) is 82.3 Å². The van der Waals surface area contributed by atoms with Crippen molar-refractivity contribution in [3.05, 3.63) is 72.9 Å². The van der Waals surface area contributed by atoms with Gasteiger partial charge >= 0.3 is 11.9 Å². The second kappa shape index (κ2) is 64.7. The first-order chi connectivity index (χ1) is 40.6. The maximum Gasteiger partial charge on any atom is 0.306 e. The maximum atomic E-state index is 12.9. The number of rotatable bonds is 65. The molecule has 0 aliphatic heterocycles. The van der Waals surface area contributed by atoms with Gasteiger partial charge in [-0.05, 0) is 64.2 Å². The fourth-order valence-electron chi connectivity index (χ4n) is 10.1. The van der Waals surface area contributed by atoms with Gasteiger partial charge in [0, 0.05) is 12.8 Å². The Balaban J connectivity index is 4.11. The fraction of sp³-hybridized carbons (Fsp3) is 0.797. The van der Waals surface area contributed by atoms with Crippen molar-refractivity contribution in [3.63, 3.8) is 0 Å². The minimum atomic E-state index is -1.63. The summed E-state index contributed by atoms with van der Waals surface area (Å²) in [6.07, 6.45) is 82.7. The number of hydrogen-bond donors (Lipinski definition) is 0. The number of ether oxygens (including phenoxy) is 4. The lowest BCUT2D eigenvalue weighted by Gasteiger charge is -2.26. The van der Waals surface area contributed by atoms with Gasteiger partial charge in [0.15, 0.2) is 12.4 Å². The second-order valence-electron chi connectivity index (χ2n) is 24.8. The Morgan fingerprint density at radius 1 is 0.373 bits per heavy atom. The van der Waals surface area contributed by atoms with Crippen molar-refractivity contribution in [3.8, 4) is 0 Å². The second-order valence-corrected chi connectivity index (χ2v) is 24.8. The highest BCUT2D eigenvalue weighted by Crippen LogP contribution is 2.18. The van der Waals surface area contributed by atoms with Crippen LogP contribution in [0.15, 0.2) is 72.9 Å². The van der Waals surface area contributed by atoms with E-state index in [-0.39, 0.29) is 32.2 Å². The molecule has 0 aromatic carbocycles. The number of allylic oxidation sites excluding steroid dienone is 12. The lowest BCUT2D eigenvalue weighted by molar-refractivity contribution is -0.870. The van der Waals surface area contributed by atoms with Gasteiger partial charge in [-0.15, -0.1) is 0 Å². The van der Waals surface area contributed by atoms with Crippen LogP contribution in [0.4, 0.5) is 0 Å². The quantitative estimate of drug-likeness (QED) is 0.0195. The van der Waals surface area contributed by atoms with E-state index in [2.05, 4.69) is 86.8 Å². The van der Waals surface area contributed by atoms with Gasteiger partial charge in [0.05, 0.1) is 40.3 Å². The van der Waals surface area contributed by atoms with Crippen LogP contribution >= 0.6 is 0 Å². The van der Waals surface area contributed by atoms with E-state index in [1.54, 1.807) is 0 Å². The summed E-state index contributed by atoms with van der Waals surface area (Å²) in [5.41, 5.74) is 0. The summed E-state index contributed by atoms with van der Waals surface area (Å²) in [4.78, 5) is 37.5. The Hall–Kier alpha value is -3.27. The normalized spacial score (nSPS) is 13.1. The highest BCUT2D eigenvalue weighted by atomic mass is 16.7. The average molecular weight is 1160 g/mol. The molecule has 2 unspecified atom stereocenters. The number of nitrogens with zero attached hydrogens (tertiary/aromatic N) is 1. The van der Waals surface area contributed by atoms with Crippen LogP contribution in [0, 0.1) is 0 Å². The molecular weight excluding hydrogens is 1030 g/mol. The molecule has 9 nitrogen and oxygen atoms in total. The molecule has 0 fully saturated rings. The van der Waals surface area contributed by atoms with Gasteiger partial charge in [-0.3, -0.25) is 9.59 Å². The Labute approximate surface area is 513 Å². The van der Waals surface area contributed by atoms with Gasteiger partial charge in [-0.25, -0.2) is 0 Å². The summed E-state index contributed by atoms with van der Waals surface area (Å²) in [6.45, 7) is 4.67. The lowest BCUT2D eigenvalue weighted by Crippen LogP contribution is -2.44. The standard InChI is InChI=1S/C74H133NO8/c1-6-8-10-12-14-16-18-20-22-24-26-28-30-32-34-35-36-37-39-40-42-44-46-48-50-52-54-56-58-60-62-64-71(76)81-68-70(69-82-74(73(78)79)80-67-66-75(3,4)5)83-72(77)65-63-61-59-57-55-53-51-49-47-45-43-41-38-33-31-29-27-25-23-21-19-17-15-13-11-9-7-2/h9,11,15,17,21,23,27,29,33,38,43,45,70,74H,6-8,10,12-14,16,18-20,22,24-26,28,30-32,34-37,39-42,44,46-69H2,1-5H3/b11-9-,17-15-,23-21-,29-27-,38-33-,45-43-. The van der Waals surface area contributed by atoms with E-state index >= 15 is 0 Å². The number of esters is 2. The van der Waals surface area contributed by atoms with Crippen LogP contribution < -0.4 is 5.11 Å². The number of aliphatic carboxylic acids is 1. The average Bonchev–Trinajstić information content (AvgIpc) is 3.46. The zero-order valence-electron chi connectivity index (χ0n) is 55.1. The van der Waals surface area contributed by atoms with Gasteiger partial charge in [0.25, 0.3) is 0 Å². The van der Waals surface area contributed by atoms with Gasteiger partial charge < -0.3 is 33.3 Å². The van der Waals surface area contributed by atoms with Crippen molar-refractivity contribution in [2.45, 2.75) is 334 Å². The van der Waals surface area contributed by atoms with Crippen molar-refractivity contribution >= 4 is 17.9 Å². The van der Waals surface area contributed by atoms with Crippen LogP contribution in [0.25, 0.3) is 0 Å². The summed E-state index contributed by atoms with van der Waals surface area (Å²) in [7, 11) is 5.93. The van der Waals surface area contributed by atoms with Crippen LogP contribution in [-0.2, 0) is 33.3 Å². The highest BCUT2D eigenvalue weighted by molar-refractivity contribution is 5.70. The largest absolute Gasteiger partial charge is 0.545 e. The third kappa shape index (κ3) is 66.1. The first kappa shape index (κ1) is 79.7. The zero-order valence-corrected chi connectivity index (χ0v) is 55.1. The van der Waals surface area contributed by atoms with Gasteiger partial charge in [0.2, 0.25) is 0 Å². The van der Waals surface area contributed by atoms with Crippen LogP contribution in [0.5, 0.6) is 0 Å². The Bertz CT molecular complexity index is 1590. The molecule has 482 valence electrons. The van der Waals surface area contributed by atoms with Crippen molar-refractivity contribution in [1.29, 1.82) is 0 Å². The van der Waals surface area contributed by atoms with Gasteiger partial charge in [0.1, 0.15) is 13.2 Å².